The Morgan fingerprint density at radius 1 is 1.35 bits per heavy atom. The first kappa shape index (κ1) is 9.65. The van der Waals surface area contributed by atoms with Crippen molar-refractivity contribution in [2.24, 2.45) is 0 Å². The highest BCUT2D eigenvalue weighted by molar-refractivity contribution is 6.04. The van der Waals surface area contributed by atoms with Gasteiger partial charge in [-0.2, -0.15) is 0 Å². The van der Waals surface area contributed by atoms with E-state index in [1.54, 1.807) is 36.7 Å². The fraction of sp³-hybridized carbons (Fsp3) is 0. The average molecular weight is 227 g/mol. The van der Waals surface area contributed by atoms with Gasteiger partial charge in [0.2, 0.25) is 0 Å². The number of rotatable bonds is 2. The van der Waals surface area contributed by atoms with E-state index in [0.29, 0.717) is 17.1 Å². The van der Waals surface area contributed by atoms with E-state index < -0.39 is 0 Å². The Morgan fingerprint density at radius 2 is 2.29 bits per heavy atom. The molecule has 84 valence electrons. The number of fused-ring (bicyclic) bond motifs is 1. The summed E-state index contributed by atoms with van der Waals surface area (Å²) in [6.45, 7) is 0. The summed E-state index contributed by atoms with van der Waals surface area (Å²) in [5.74, 6) is 0.277. The minimum atomic E-state index is -0.241. The van der Waals surface area contributed by atoms with Gasteiger partial charge in [0, 0.05) is 18.3 Å². The number of carbonyl (C=O) groups excluding carboxylic acids is 1. The van der Waals surface area contributed by atoms with Crippen LogP contribution >= 0.6 is 0 Å². The van der Waals surface area contributed by atoms with Crippen LogP contribution in [-0.2, 0) is 0 Å². The number of carbonyl (C=O) groups is 1. The van der Waals surface area contributed by atoms with E-state index in [9.17, 15) is 4.79 Å². The normalized spacial score (nSPS) is 10.6. The van der Waals surface area contributed by atoms with Gasteiger partial charge in [-0.3, -0.25) is 4.79 Å². The molecule has 3 rings (SSSR count). The summed E-state index contributed by atoms with van der Waals surface area (Å²) < 4.78 is 5.17. The topological polar surface area (TPSA) is 70.9 Å². The molecule has 0 bridgehead atoms. The van der Waals surface area contributed by atoms with E-state index in [0.717, 1.165) is 5.52 Å². The molecule has 5 nitrogen and oxygen atoms in total. The fourth-order valence-electron chi connectivity index (χ4n) is 1.59. The number of nitrogens with one attached hydrogen (secondary N) is 2. The Labute approximate surface area is 96.5 Å². The van der Waals surface area contributed by atoms with E-state index in [1.807, 2.05) is 6.07 Å². The highest BCUT2D eigenvalue weighted by Crippen LogP contribution is 2.16. The molecule has 0 aliphatic rings. The predicted octanol–water partition coefficient (Wildman–Crippen LogP) is 2.41. The molecule has 0 saturated carbocycles. The van der Waals surface area contributed by atoms with Crippen molar-refractivity contribution >= 4 is 22.8 Å². The SMILES string of the molecule is O=C(Nc1ccccn1)c1cc2occc2[nH]1. The van der Waals surface area contributed by atoms with Crippen LogP contribution in [0.4, 0.5) is 5.82 Å². The summed E-state index contributed by atoms with van der Waals surface area (Å²) in [6, 6.07) is 8.76. The lowest BCUT2D eigenvalue weighted by Crippen LogP contribution is -2.12. The quantitative estimate of drug-likeness (QED) is 0.706. The van der Waals surface area contributed by atoms with Gasteiger partial charge in [-0.05, 0) is 12.1 Å². The molecule has 0 spiro atoms. The Kier molecular flexibility index (Phi) is 2.15. The number of amides is 1. The lowest BCUT2D eigenvalue weighted by molar-refractivity contribution is 0.102. The Hall–Kier alpha value is -2.56. The van der Waals surface area contributed by atoms with E-state index >= 15 is 0 Å². The smallest absolute Gasteiger partial charge is 0.273 e. The van der Waals surface area contributed by atoms with E-state index in [2.05, 4.69) is 15.3 Å². The maximum atomic E-state index is 11.9. The van der Waals surface area contributed by atoms with Crippen molar-refractivity contribution in [3.8, 4) is 0 Å². The molecule has 0 radical (unpaired) electrons. The number of hydrogen-bond acceptors (Lipinski definition) is 3. The van der Waals surface area contributed by atoms with Gasteiger partial charge < -0.3 is 14.7 Å². The minimum Gasteiger partial charge on any atom is -0.463 e. The highest BCUT2D eigenvalue weighted by Gasteiger charge is 2.11. The molecule has 3 heterocycles. The summed E-state index contributed by atoms with van der Waals surface area (Å²) in [7, 11) is 0. The fourth-order valence-corrected chi connectivity index (χ4v) is 1.59. The van der Waals surface area contributed by atoms with Crippen molar-refractivity contribution in [2.75, 3.05) is 5.32 Å². The highest BCUT2D eigenvalue weighted by atomic mass is 16.3. The van der Waals surface area contributed by atoms with Crippen LogP contribution in [0.3, 0.4) is 0 Å². The molecule has 0 unspecified atom stereocenters. The van der Waals surface area contributed by atoms with Crippen molar-refractivity contribution in [1.29, 1.82) is 0 Å². The summed E-state index contributed by atoms with van der Waals surface area (Å²) in [6.07, 6.45) is 3.19. The third-order valence-corrected chi connectivity index (χ3v) is 2.39. The molecule has 3 aromatic heterocycles. The average Bonchev–Trinajstić information content (AvgIpc) is 2.90. The van der Waals surface area contributed by atoms with Gasteiger partial charge in [-0.15, -0.1) is 0 Å². The number of pyridine rings is 1. The number of aromatic amines is 1. The lowest BCUT2D eigenvalue weighted by Gasteiger charge is -2.01. The molecule has 3 aromatic rings. The first-order valence-corrected chi connectivity index (χ1v) is 5.11. The molecular weight excluding hydrogens is 218 g/mol. The monoisotopic (exact) mass is 227 g/mol. The van der Waals surface area contributed by atoms with E-state index in [1.165, 1.54) is 0 Å². The van der Waals surface area contributed by atoms with Gasteiger partial charge in [0.25, 0.3) is 5.91 Å². The van der Waals surface area contributed by atoms with Crippen molar-refractivity contribution in [1.82, 2.24) is 9.97 Å². The molecule has 17 heavy (non-hydrogen) atoms. The second kappa shape index (κ2) is 3.79. The van der Waals surface area contributed by atoms with Crippen molar-refractivity contribution in [2.45, 2.75) is 0 Å². The van der Waals surface area contributed by atoms with Gasteiger partial charge in [-0.25, -0.2) is 4.98 Å². The predicted molar refractivity (Wildman–Crippen MR) is 62.8 cm³/mol. The molecule has 0 aliphatic heterocycles. The summed E-state index contributed by atoms with van der Waals surface area (Å²) >= 11 is 0. The van der Waals surface area contributed by atoms with Crippen LogP contribution in [0, 0.1) is 0 Å². The van der Waals surface area contributed by atoms with Crippen LogP contribution in [0.25, 0.3) is 11.1 Å². The molecule has 0 aliphatic carbocycles. The standard InChI is InChI=1S/C12H9N3O2/c16-12(15-11-3-1-2-5-13-11)9-7-10-8(14-9)4-6-17-10/h1-7,14H,(H,13,15,16). The first-order chi connectivity index (χ1) is 8.33. The Balaban J connectivity index is 1.85. The van der Waals surface area contributed by atoms with Crippen molar-refractivity contribution < 1.29 is 9.21 Å². The molecule has 0 atom stereocenters. The molecule has 5 heteroatoms. The first-order valence-electron chi connectivity index (χ1n) is 5.11. The van der Waals surface area contributed by atoms with Crippen LogP contribution in [0.5, 0.6) is 0 Å². The van der Waals surface area contributed by atoms with Gasteiger partial charge in [0.1, 0.15) is 11.5 Å². The number of hydrogen-bond donors (Lipinski definition) is 2. The molecule has 0 fully saturated rings. The second-order valence-corrected chi connectivity index (χ2v) is 3.55. The van der Waals surface area contributed by atoms with E-state index in [4.69, 9.17) is 4.42 Å². The zero-order valence-electron chi connectivity index (χ0n) is 8.81. The maximum absolute atomic E-state index is 11.9. The van der Waals surface area contributed by atoms with Gasteiger partial charge in [0.15, 0.2) is 5.58 Å². The lowest BCUT2D eigenvalue weighted by atomic mass is 10.4. The van der Waals surface area contributed by atoms with Crippen molar-refractivity contribution in [3.05, 3.63) is 48.5 Å². The molecule has 1 amide bonds. The van der Waals surface area contributed by atoms with Crippen LogP contribution in [0.2, 0.25) is 0 Å². The summed E-state index contributed by atoms with van der Waals surface area (Å²) in [5, 5.41) is 2.69. The van der Waals surface area contributed by atoms with Gasteiger partial charge >= 0.3 is 0 Å². The molecule has 2 N–H and O–H groups in total. The van der Waals surface area contributed by atoms with E-state index in [-0.39, 0.29) is 5.91 Å². The zero-order valence-corrected chi connectivity index (χ0v) is 8.81. The molecular formula is C12H9N3O2. The van der Waals surface area contributed by atoms with Crippen LogP contribution < -0.4 is 5.32 Å². The second-order valence-electron chi connectivity index (χ2n) is 3.55. The zero-order chi connectivity index (χ0) is 11.7. The third-order valence-electron chi connectivity index (χ3n) is 2.39. The Morgan fingerprint density at radius 3 is 3.06 bits per heavy atom. The third kappa shape index (κ3) is 1.78. The van der Waals surface area contributed by atoms with Gasteiger partial charge in [-0.1, -0.05) is 6.07 Å². The Bertz CT molecular complexity index is 626. The number of anilines is 1. The summed E-state index contributed by atoms with van der Waals surface area (Å²) in [5.41, 5.74) is 1.91. The van der Waals surface area contributed by atoms with Gasteiger partial charge in [0.05, 0.1) is 11.8 Å². The molecule has 0 aromatic carbocycles. The number of nitrogens with zero attached hydrogens (tertiary/aromatic N) is 1. The summed E-state index contributed by atoms with van der Waals surface area (Å²) in [4.78, 5) is 18.8. The maximum Gasteiger partial charge on any atom is 0.273 e. The van der Waals surface area contributed by atoms with Crippen LogP contribution in [0.1, 0.15) is 10.5 Å². The number of furan rings is 1. The minimum absolute atomic E-state index is 0.241. The largest absolute Gasteiger partial charge is 0.463 e. The number of aromatic nitrogens is 2. The number of H-pyrrole nitrogens is 1. The van der Waals surface area contributed by atoms with Crippen molar-refractivity contribution in [3.63, 3.8) is 0 Å². The van der Waals surface area contributed by atoms with Crippen LogP contribution in [-0.4, -0.2) is 15.9 Å². The van der Waals surface area contributed by atoms with Crippen LogP contribution in [0.15, 0.2) is 47.2 Å². The molecule has 0 saturated heterocycles.